The molecule has 1 N–H and O–H groups in total. The van der Waals surface area contributed by atoms with E-state index in [0.29, 0.717) is 58.1 Å². The van der Waals surface area contributed by atoms with Gasteiger partial charge in [-0.25, -0.2) is 4.79 Å². The molecule has 202 valence electrons. The number of nitrogens with zero attached hydrogens (tertiary/aromatic N) is 2. The number of carbonyl (C=O) groups excluding carboxylic acids is 3. The molecule has 1 saturated heterocycles. The first-order valence-electron chi connectivity index (χ1n) is 11.9. The first kappa shape index (κ1) is 29.2. The number of ether oxygens (including phenoxy) is 3. The molecule has 0 aliphatic carbocycles. The Labute approximate surface area is 232 Å². The summed E-state index contributed by atoms with van der Waals surface area (Å²) >= 11 is 6.62. The number of thiocarbonyl (C=S) groups is 1. The van der Waals surface area contributed by atoms with Gasteiger partial charge in [0.1, 0.15) is 10.9 Å². The maximum absolute atomic E-state index is 12.9. The highest BCUT2D eigenvalue weighted by Gasteiger charge is 2.31. The maximum atomic E-state index is 12.9. The van der Waals surface area contributed by atoms with Gasteiger partial charge < -0.3 is 24.4 Å². The van der Waals surface area contributed by atoms with Crippen molar-refractivity contribution in [3.63, 3.8) is 0 Å². The molecule has 9 nitrogen and oxygen atoms in total. The van der Waals surface area contributed by atoms with Crippen LogP contribution in [0.4, 0.5) is 5.69 Å². The normalized spacial score (nSPS) is 14.2. The Kier molecular flexibility index (Phi) is 10.7. The van der Waals surface area contributed by atoms with Crippen molar-refractivity contribution in [3.05, 3.63) is 58.5 Å². The molecule has 0 atom stereocenters. The third-order valence-corrected chi connectivity index (χ3v) is 6.92. The summed E-state index contributed by atoms with van der Waals surface area (Å²) in [6.45, 7) is 1.28. The summed E-state index contributed by atoms with van der Waals surface area (Å²) in [7, 11) is 6.91. The van der Waals surface area contributed by atoms with E-state index in [1.54, 1.807) is 56.7 Å². The minimum absolute atomic E-state index is 0.191. The van der Waals surface area contributed by atoms with Crippen molar-refractivity contribution in [2.24, 2.45) is 0 Å². The Morgan fingerprint density at radius 3 is 2.45 bits per heavy atom. The Bertz CT molecular complexity index is 1210. The van der Waals surface area contributed by atoms with Gasteiger partial charge in [0.15, 0.2) is 11.5 Å². The van der Waals surface area contributed by atoms with Gasteiger partial charge in [0, 0.05) is 25.2 Å². The smallest absolute Gasteiger partial charge is 0.338 e. The summed E-state index contributed by atoms with van der Waals surface area (Å²) in [6.07, 6.45) is 2.41. The van der Waals surface area contributed by atoms with Crippen LogP contribution in [0.2, 0.25) is 0 Å². The van der Waals surface area contributed by atoms with E-state index in [2.05, 4.69) is 5.32 Å². The van der Waals surface area contributed by atoms with Crippen LogP contribution < -0.4 is 14.8 Å². The second-order valence-corrected chi connectivity index (χ2v) is 10.3. The van der Waals surface area contributed by atoms with Crippen molar-refractivity contribution >= 4 is 57.8 Å². The molecule has 11 heteroatoms. The quantitative estimate of drug-likeness (QED) is 0.236. The number of anilines is 1. The van der Waals surface area contributed by atoms with Crippen molar-refractivity contribution in [2.75, 3.05) is 53.3 Å². The summed E-state index contributed by atoms with van der Waals surface area (Å²) in [5.41, 5.74) is 1.77. The van der Waals surface area contributed by atoms with Crippen LogP contribution in [0.5, 0.6) is 11.5 Å². The second kappa shape index (κ2) is 13.9. The van der Waals surface area contributed by atoms with E-state index in [9.17, 15) is 14.4 Å². The van der Waals surface area contributed by atoms with Crippen molar-refractivity contribution in [1.82, 2.24) is 9.80 Å². The zero-order chi connectivity index (χ0) is 27.7. The number of amides is 2. The van der Waals surface area contributed by atoms with Crippen LogP contribution in [0.25, 0.3) is 6.08 Å². The number of carbonyl (C=O) groups is 3. The van der Waals surface area contributed by atoms with Gasteiger partial charge >= 0.3 is 5.97 Å². The number of thioether (sulfide) groups is 1. The number of rotatable bonds is 12. The number of hydrogen-bond donors (Lipinski definition) is 1. The number of esters is 1. The molecule has 2 aromatic carbocycles. The molecule has 0 aromatic heterocycles. The Hall–Kier alpha value is -3.41. The topological polar surface area (TPSA) is 97.4 Å². The molecule has 1 fully saturated rings. The predicted molar refractivity (Wildman–Crippen MR) is 153 cm³/mol. The molecule has 0 radical (unpaired) electrons. The van der Waals surface area contributed by atoms with E-state index in [4.69, 9.17) is 26.4 Å². The first-order chi connectivity index (χ1) is 18.2. The minimum atomic E-state index is -0.409. The average molecular weight is 558 g/mol. The molecular weight excluding hydrogens is 526 g/mol. The van der Waals surface area contributed by atoms with Gasteiger partial charge in [0.25, 0.3) is 5.91 Å². The highest BCUT2D eigenvalue weighted by Crippen LogP contribution is 2.34. The molecule has 3 rings (SSSR count). The van der Waals surface area contributed by atoms with Gasteiger partial charge in [-0.15, -0.1) is 0 Å². The van der Waals surface area contributed by atoms with Crippen LogP contribution in [0.1, 0.15) is 28.8 Å². The van der Waals surface area contributed by atoms with Crippen molar-refractivity contribution in [1.29, 1.82) is 0 Å². The van der Waals surface area contributed by atoms with E-state index in [0.717, 1.165) is 5.56 Å². The van der Waals surface area contributed by atoms with Crippen LogP contribution in [0.3, 0.4) is 0 Å². The number of likely N-dealkylation sites (N-methyl/N-ethyl adjacent to an activating group) is 1. The molecule has 0 unspecified atom stereocenters. The summed E-state index contributed by atoms with van der Waals surface area (Å²) in [4.78, 5) is 41.3. The first-order valence-corrected chi connectivity index (χ1v) is 13.1. The zero-order valence-corrected chi connectivity index (χ0v) is 23.4. The zero-order valence-electron chi connectivity index (χ0n) is 21.8. The van der Waals surface area contributed by atoms with Gasteiger partial charge in [0.05, 0.1) is 24.7 Å². The summed E-state index contributed by atoms with van der Waals surface area (Å²) in [5.74, 6) is 0.371. The van der Waals surface area contributed by atoms with Gasteiger partial charge in [-0.2, -0.15) is 0 Å². The maximum Gasteiger partial charge on any atom is 0.338 e. The molecule has 1 aliphatic rings. The fraction of sp³-hybridized carbons (Fsp3) is 0.333. The van der Waals surface area contributed by atoms with Crippen molar-refractivity contribution in [3.8, 4) is 11.5 Å². The van der Waals surface area contributed by atoms with Crippen LogP contribution in [-0.4, -0.2) is 79.9 Å². The van der Waals surface area contributed by atoms with Gasteiger partial charge in [-0.3, -0.25) is 14.5 Å². The van der Waals surface area contributed by atoms with Crippen LogP contribution in [0.15, 0.2) is 47.4 Å². The summed E-state index contributed by atoms with van der Waals surface area (Å²) < 4.78 is 16.2. The van der Waals surface area contributed by atoms with Crippen LogP contribution in [-0.2, 0) is 14.3 Å². The van der Waals surface area contributed by atoms with Crippen LogP contribution in [0, 0.1) is 0 Å². The SMILES string of the molecule is COc1ccc(C=C2SC(=S)N(CCCC(=O)Nc3ccc(C(=O)OCCN(C)C)cc3)C2=O)cc1OC. The lowest BCUT2D eigenvalue weighted by Crippen LogP contribution is -2.29. The van der Waals surface area contributed by atoms with Gasteiger partial charge in [0.2, 0.25) is 5.91 Å². The van der Waals surface area contributed by atoms with E-state index < -0.39 is 5.97 Å². The summed E-state index contributed by atoms with van der Waals surface area (Å²) in [5, 5.41) is 2.80. The average Bonchev–Trinajstić information content (AvgIpc) is 3.16. The molecule has 38 heavy (non-hydrogen) atoms. The lowest BCUT2D eigenvalue weighted by Gasteiger charge is -2.14. The monoisotopic (exact) mass is 557 g/mol. The molecule has 1 aliphatic heterocycles. The lowest BCUT2D eigenvalue weighted by atomic mass is 10.2. The summed E-state index contributed by atoms with van der Waals surface area (Å²) in [6, 6.07) is 11.9. The van der Waals surface area contributed by atoms with Crippen molar-refractivity contribution < 1.29 is 28.6 Å². The lowest BCUT2D eigenvalue weighted by molar-refractivity contribution is -0.122. The van der Waals surface area contributed by atoms with Crippen molar-refractivity contribution in [2.45, 2.75) is 12.8 Å². The third-order valence-electron chi connectivity index (χ3n) is 5.54. The molecule has 2 aromatic rings. The number of nitrogens with one attached hydrogen (secondary N) is 1. The highest BCUT2D eigenvalue weighted by atomic mass is 32.2. The fourth-order valence-electron chi connectivity index (χ4n) is 3.50. The predicted octanol–water partition coefficient (Wildman–Crippen LogP) is 4.04. The molecular formula is C27H31N3O6S2. The van der Waals surface area contributed by atoms with Gasteiger partial charge in [-0.05, 0) is 68.6 Å². The number of methoxy groups -OCH3 is 2. The number of benzene rings is 2. The van der Waals surface area contributed by atoms with E-state index in [1.807, 2.05) is 25.1 Å². The van der Waals surface area contributed by atoms with E-state index >= 15 is 0 Å². The molecule has 0 spiro atoms. The fourth-order valence-corrected chi connectivity index (χ4v) is 4.81. The third kappa shape index (κ3) is 8.04. The molecule has 1 heterocycles. The molecule has 0 bridgehead atoms. The largest absolute Gasteiger partial charge is 0.493 e. The highest BCUT2D eigenvalue weighted by molar-refractivity contribution is 8.26. The Morgan fingerprint density at radius 2 is 1.79 bits per heavy atom. The Balaban J connectivity index is 1.48. The van der Waals surface area contributed by atoms with Crippen LogP contribution >= 0.6 is 24.0 Å². The molecule has 2 amide bonds. The van der Waals surface area contributed by atoms with E-state index in [-0.39, 0.29) is 18.2 Å². The minimum Gasteiger partial charge on any atom is -0.493 e. The van der Waals surface area contributed by atoms with Gasteiger partial charge in [-0.1, -0.05) is 30.0 Å². The molecule has 0 saturated carbocycles. The second-order valence-electron chi connectivity index (χ2n) is 8.62. The van der Waals surface area contributed by atoms with E-state index in [1.165, 1.54) is 16.7 Å². The number of hydrogen-bond acceptors (Lipinski definition) is 9. The Morgan fingerprint density at radius 1 is 1.08 bits per heavy atom. The standard InChI is InChI=1S/C27H31N3O6S2/c1-29(2)14-15-36-26(33)19-8-10-20(11-9-19)28-24(31)6-5-13-30-25(32)23(38-27(30)37)17-18-7-12-21(34-3)22(16-18)35-4/h7-12,16-17H,5-6,13-15H2,1-4H3,(H,28,31).